The van der Waals surface area contributed by atoms with Gasteiger partial charge in [0.15, 0.2) is 11.4 Å². The molecule has 1 aromatic carbocycles. The van der Waals surface area contributed by atoms with Crippen LogP contribution in [0.2, 0.25) is 0 Å². The first-order chi connectivity index (χ1) is 11.2. The van der Waals surface area contributed by atoms with Gasteiger partial charge in [0, 0.05) is 10.6 Å². The van der Waals surface area contributed by atoms with Crippen molar-refractivity contribution in [2.24, 2.45) is 4.99 Å². The van der Waals surface area contributed by atoms with E-state index in [0.717, 1.165) is 35.0 Å². The topological polar surface area (TPSA) is 48.6 Å². The van der Waals surface area contributed by atoms with Gasteiger partial charge in [-0.25, -0.2) is 4.99 Å². The lowest BCUT2D eigenvalue weighted by Crippen LogP contribution is -2.12. The first kappa shape index (κ1) is 16.0. The molecule has 0 bridgehead atoms. The fourth-order valence-electron chi connectivity index (χ4n) is 2.42. The van der Waals surface area contributed by atoms with E-state index in [1.807, 2.05) is 52.9 Å². The predicted molar refractivity (Wildman–Crippen MR) is 98.0 cm³/mol. The Bertz CT molecular complexity index is 751. The molecule has 0 fully saturated rings. The highest BCUT2D eigenvalue weighted by atomic mass is 127. The van der Waals surface area contributed by atoms with Gasteiger partial charge in [-0.05, 0) is 42.0 Å². The van der Waals surface area contributed by atoms with Crippen molar-refractivity contribution in [2.45, 2.75) is 27.0 Å². The zero-order valence-corrected chi connectivity index (χ0v) is 15.3. The molecule has 0 unspecified atom stereocenters. The Balaban J connectivity index is 1.89. The first-order valence-electron chi connectivity index (χ1n) is 7.49. The number of nitrogens with zero attached hydrogens (tertiary/aromatic N) is 3. The Morgan fingerprint density at radius 1 is 1.35 bits per heavy atom. The average molecular weight is 423 g/mol. The van der Waals surface area contributed by atoms with Gasteiger partial charge in [-0.3, -0.25) is 4.68 Å². The van der Waals surface area contributed by atoms with Crippen molar-refractivity contribution < 1.29 is 9.47 Å². The van der Waals surface area contributed by atoms with Crippen molar-refractivity contribution in [3.05, 3.63) is 57.1 Å². The Hall–Kier alpha value is -1.83. The normalized spacial score (nSPS) is 15.6. The maximum absolute atomic E-state index is 6.05. The van der Waals surface area contributed by atoms with E-state index in [2.05, 4.69) is 32.7 Å². The number of aryl methyl sites for hydroxylation is 2. The molecule has 120 valence electrons. The molecule has 2 heterocycles. The summed E-state index contributed by atoms with van der Waals surface area (Å²) in [5.74, 6) is 2.17. The molecule has 1 aliphatic rings. The molecule has 23 heavy (non-hydrogen) atoms. The van der Waals surface area contributed by atoms with Gasteiger partial charge in [0.25, 0.3) is 0 Å². The third-order valence-corrected chi connectivity index (χ3v) is 4.22. The summed E-state index contributed by atoms with van der Waals surface area (Å²) in [5.41, 5.74) is 2.77. The van der Waals surface area contributed by atoms with Crippen LogP contribution < -0.4 is 4.74 Å². The Kier molecular flexibility index (Phi) is 5.00. The maximum Gasteiger partial charge on any atom is 0.244 e. The number of halogens is 1. The number of hydrogen-bond acceptors (Lipinski definition) is 4. The van der Waals surface area contributed by atoms with E-state index in [1.54, 1.807) is 0 Å². The number of rotatable bonds is 5. The molecule has 0 amide bonds. The number of aromatic nitrogens is 2. The quantitative estimate of drug-likeness (QED) is 0.687. The molecule has 0 N–H and O–H groups in total. The lowest BCUT2D eigenvalue weighted by molar-refractivity contribution is 0.301. The van der Waals surface area contributed by atoms with Crippen LogP contribution in [0, 0.1) is 6.92 Å². The minimum Gasteiger partial charge on any atom is -0.484 e. The molecule has 2 aromatic rings. The van der Waals surface area contributed by atoms with Crippen molar-refractivity contribution in [2.75, 3.05) is 6.54 Å². The summed E-state index contributed by atoms with van der Waals surface area (Å²) in [6.07, 6.45) is 0. The highest BCUT2D eigenvalue weighted by molar-refractivity contribution is 14.1. The third-order valence-electron chi connectivity index (χ3n) is 3.53. The zero-order chi connectivity index (χ0) is 16.2. The van der Waals surface area contributed by atoms with Gasteiger partial charge >= 0.3 is 0 Å². The Morgan fingerprint density at radius 3 is 2.78 bits per heavy atom. The maximum atomic E-state index is 6.05. The smallest absolute Gasteiger partial charge is 0.244 e. The van der Waals surface area contributed by atoms with Crippen molar-refractivity contribution in [1.29, 1.82) is 0 Å². The van der Waals surface area contributed by atoms with Crippen LogP contribution in [-0.4, -0.2) is 22.2 Å². The lowest BCUT2D eigenvalue weighted by Gasteiger charge is -2.10. The molecular weight excluding hydrogens is 405 g/mol. The molecule has 5 nitrogen and oxygen atoms in total. The average Bonchev–Trinajstić information content (AvgIpc) is 3.17. The second kappa shape index (κ2) is 7.16. The van der Waals surface area contributed by atoms with Crippen LogP contribution in [0.5, 0.6) is 5.75 Å². The van der Waals surface area contributed by atoms with Gasteiger partial charge in [-0.2, -0.15) is 5.10 Å². The molecule has 0 aliphatic carbocycles. The molecule has 0 atom stereocenters. The van der Waals surface area contributed by atoms with E-state index in [0.29, 0.717) is 19.0 Å². The number of aliphatic imine (C=N–C) groups is 1. The van der Waals surface area contributed by atoms with Gasteiger partial charge in [0.05, 0.1) is 0 Å². The summed E-state index contributed by atoms with van der Waals surface area (Å²) in [7, 11) is 0. The minimum atomic E-state index is 0.492. The molecule has 0 spiro atoms. The standard InChI is InChI=1S/C17H18IN3O2/c1-3-21-15(17-19-10-14(9-18)23-17)16(12(2)20-21)22-11-13-7-5-4-6-8-13/h4-9H,3,10-11H2,1-2H3/b14-9+. The predicted octanol–water partition coefficient (Wildman–Crippen LogP) is 3.84. The minimum absolute atomic E-state index is 0.492. The van der Waals surface area contributed by atoms with E-state index in [1.165, 1.54) is 0 Å². The fourth-order valence-corrected chi connectivity index (χ4v) is 2.75. The molecular formula is C17H18IN3O2. The van der Waals surface area contributed by atoms with E-state index < -0.39 is 0 Å². The second-order valence-electron chi connectivity index (χ2n) is 5.15. The van der Waals surface area contributed by atoms with Crippen molar-refractivity contribution in [3.63, 3.8) is 0 Å². The summed E-state index contributed by atoms with van der Waals surface area (Å²) in [4.78, 5) is 4.48. The van der Waals surface area contributed by atoms with Crippen LogP contribution in [0.25, 0.3) is 0 Å². The van der Waals surface area contributed by atoms with E-state index in [-0.39, 0.29) is 0 Å². The van der Waals surface area contributed by atoms with Gasteiger partial charge in [0.1, 0.15) is 24.6 Å². The summed E-state index contributed by atoms with van der Waals surface area (Å²) < 4.78 is 15.6. The van der Waals surface area contributed by atoms with E-state index >= 15 is 0 Å². The van der Waals surface area contributed by atoms with E-state index in [9.17, 15) is 0 Å². The van der Waals surface area contributed by atoms with Crippen LogP contribution in [0.3, 0.4) is 0 Å². The summed E-state index contributed by atoms with van der Waals surface area (Å²) in [6, 6.07) is 10.1. The SMILES string of the molecule is CCn1nc(C)c(OCc2ccccc2)c1C1=NC/C(=C\I)O1. The molecule has 0 saturated heterocycles. The summed E-state index contributed by atoms with van der Waals surface area (Å²) >= 11 is 2.16. The first-order valence-corrected chi connectivity index (χ1v) is 8.73. The summed E-state index contributed by atoms with van der Waals surface area (Å²) in [6.45, 7) is 5.77. The van der Waals surface area contributed by atoms with Crippen LogP contribution in [-0.2, 0) is 17.9 Å². The lowest BCUT2D eigenvalue weighted by atomic mass is 10.2. The summed E-state index contributed by atoms with van der Waals surface area (Å²) in [5, 5.41) is 4.55. The van der Waals surface area contributed by atoms with Crippen LogP contribution >= 0.6 is 22.6 Å². The molecule has 6 heteroatoms. The van der Waals surface area contributed by atoms with Crippen LogP contribution in [0.4, 0.5) is 0 Å². The highest BCUT2D eigenvalue weighted by Gasteiger charge is 2.26. The number of ether oxygens (including phenoxy) is 2. The number of hydrogen-bond donors (Lipinski definition) is 0. The van der Waals surface area contributed by atoms with Gasteiger partial charge in [-0.1, -0.05) is 30.3 Å². The second-order valence-corrected chi connectivity index (χ2v) is 5.77. The van der Waals surface area contributed by atoms with Crippen molar-refractivity contribution in [1.82, 2.24) is 9.78 Å². The van der Waals surface area contributed by atoms with Crippen molar-refractivity contribution in [3.8, 4) is 5.75 Å². The van der Waals surface area contributed by atoms with Crippen LogP contribution in [0.15, 0.2) is 45.2 Å². The monoisotopic (exact) mass is 423 g/mol. The van der Waals surface area contributed by atoms with Crippen LogP contribution in [0.1, 0.15) is 23.9 Å². The molecule has 1 aliphatic heterocycles. The molecule has 0 radical (unpaired) electrons. The third kappa shape index (κ3) is 3.41. The zero-order valence-electron chi connectivity index (χ0n) is 13.1. The molecule has 0 saturated carbocycles. The largest absolute Gasteiger partial charge is 0.484 e. The fraction of sp³-hybridized carbons (Fsp3) is 0.294. The van der Waals surface area contributed by atoms with Gasteiger partial charge in [0.2, 0.25) is 5.90 Å². The number of benzene rings is 1. The Morgan fingerprint density at radius 2 is 2.13 bits per heavy atom. The van der Waals surface area contributed by atoms with Gasteiger partial charge < -0.3 is 9.47 Å². The Labute approximate surface area is 149 Å². The van der Waals surface area contributed by atoms with Crippen molar-refractivity contribution >= 4 is 28.5 Å². The van der Waals surface area contributed by atoms with E-state index in [4.69, 9.17) is 9.47 Å². The molecule has 3 rings (SSSR count). The molecule has 1 aromatic heterocycles. The van der Waals surface area contributed by atoms with Gasteiger partial charge in [-0.15, -0.1) is 0 Å². The highest BCUT2D eigenvalue weighted by Crippen LogP contribution is 2.28.